The molecule has 1 fully saturated rings. The zero-order valence-electron chi connectivity index (χ0n) is 15.7. The van der Waals surface area contributed by atoms with Gasteiger partial charge < -0.3 is 9.64 Å². The molecule has 2 aromatic heterocycles. The Morgan fingerprint density at radius 1 is 1.29 bits per heavy atom. The lowest BCUT2D eigenvalue weighted by molar-refractivity contribution is -0.126. The van der Waals surface area contributed by atoms with Gasteiger partial charge in [-0.2, -0.15) is 0 Å². The molecule has 1 saturated heterocycles. The second-order valence-electron chi connectivity index (χ2n) is 6.72. The van der Waals surface area contributed by atoms with Crippen LogP contribution in [0.4, 0.5) is 0 Å². The summed E-state index contributed by atoms with van der Waals surface area (Å²) in [6.07, 6.45) is 5.61. The van der Waals surface area contributed by atoms with E-state index in [9.17, 15) is 4.79 Å². The minimum atomic E-state index is 0.0563. The largest absolute Gasteiger partial charge is 0.487 e. The Balaban J connectivity index is 1.44. The first-order chi connectivity index (χ1) is 13.7. The van der Waals surface area contributed by atoms with Crippen molar-refractivity contribution >= 4 is 34.7 Å². The van der Waals surface area contributed by atoms with Crippen molar-refractivity contribution in [2.75, 3.05) is 6.54 Å². The summed E-state index contributed by atoms with van der Waals surface area (Å²) in [4.78, 5) is 20.5. The van der Waals surface area contributed by atoms with Crippen molar-refractivity contribution in [3.8, 4) is 5.75 Å². The molecule has 1 atom stereocenters. The summed E-state index contributed by atoms with van der Waals surface area (Å²) in [7, 11) is 0. The van der Waals surface area contributed by atoms with Crippen LogP contribution in [-0.2, 0) is 11.4 Å². The number of carbonyl (C=O) groups excluding carboxylic acids is 1. The summed E-state index contributed by atoms with van der Waals surface area (Å²) in [5.41, 5.74) is 1.82. The van der Waals surface area contributed by atoms with Crippen LogP contribution >= 0.6 is 22.7 Å². The Morgan fingerprint density at radius 2 is 2.18 bits per heavy atom. The molecule has 4 rings (SSSR count). The standard InChI is InChI=1S/C22H22N2O2S2/c1-16-23-18(15-28-16)14-26-20-8-3-2-6-17(20)10-11-22(25)24-12-4-7-19(24)21-9-5-13-27-21/h2-3,5-6,8-11,13,15,19H,4,7,12,14H2,1H3/b11-10+. The third-order valence-corrected chi connectivity index (χ3v) is 6.57. The lowest BCUT2D eigenvalue weighted by atomic mass is 10.1. The van der Waals surface area contributed by atoms with Gasteiger partial charge in [0.05, 0.1) is 16.7 Å². The molecule has 1 aliphatic rings. The van der Waals surface area contributed by atoms with E-state index in [0.717, 1.165) is 41.4 Å². The molecular formula is C22H22N2O2S2. The van der Waals surface area contributed by atoms with Crippen LogP contribution in [0.5, 0.6) is 5.75 Å². The molecule has 0 N–H and O–H groups in total. The van der Waals surface area contributed by atoms with E-state index >= 15 is 0 Å². The average molecular weight is 411 g/mol. The van der Waals surface area contributed by atoms with Crippen LogP contribution in [0.2, 0.25) is 0 Å². The number of para-hydroxylation sites is 1. The normalized spacial score (nSPS) is 16.8. The van der Waals surface area contributed by atoms with Crippen molar-refractivity contribution in [3.63, 3.8) is 0 Å². The van der Waals surface area contributed by atoms with Crippen LogP contribution in [-0.4, -0.2) is 22.3 Å². The number of carbonyl (C=O) groups is 1. The maximum Gasteiger partial charge on any atom is 0.247 e. The monoisotopic (exact) mass is 410 g/mol. The molecule has 4 nitrogen and oxygen atoms in total. The third-order valence-electron chi connectivity index (χ3n) is 4.77. The number of hydrogen-bond donors (Lipinski definition) is 0. The number of nitrogens with zero attached hydrogens (tertiary/aromatic N) is 2. The van der Waals surface area contributed by atoms with E-state index in [2.05, 4.69) is 16.4 Å². The van der Waals surface area contributed by atoms with Gasteiger partial charge in [-0.05, 0) is 43.4 Å². The molecule has 0 aliphatic carbocycles. The summed E-state index contributed by atoms with van der Waals surface area (Å²) >= 11 is 3.34. The van der Waals surface area contributed by atoms with Gasteiger partial charge in [0.2, 0.25) is 5.91 Å². The number of ether oxygens (including phenoxy) is 1. The minimum Gasteiger partial charge on any atom is -0.487 e. The number of thiophene rings is 1. The van der Waals surface area contributed by atoms with Crippen LogP contribution < -0.4 is 4.74 Å². The Hall–Kier alpha value is -2.44. The van der Waals surface area contributed by atoms with Gasteiger partial charge in [0.1, 0.15) is 12.4 Å². The Bertz CT molecular complexity index is 963. The minimum absolute atomic E-state index is 0.0563. The fourth-order valence-electron chi connectivity index (χ4n) is 3.44. The number of rotatable bonds is 6. The van der Waals surface area contributed by atoms with Crippen molar-refractivity contribution < 1.29 is 9.53 Å². The van der Waals surface area contributed by atoms with Gasteiger partial charge in [0.25, 0.3) is 0 Å². The predicted molar refractivity (Wildman–Crippen MR) is 115 cm³/mol. The van der Waals surface area contributed by atoms with E-state index in [1.54, 1.807) is 28.7 Å². The molecule has 1 aliphatic heterocycles. The van der Waals surface area contributed by atoms with E-state index in [0.29, 0.717) is 6.61 Å². The van der Waals surface area contributed by atoms with Gasteiger partial charge in [-0.3, -0.25) is 4.79 Å². The lowest BCUT2D eigenvalue weighted by Gasteiger charge is -2.22. The highest BCUT2D eigenvalue weighted by atomic mass is 32.1. The van der Waals surface area contributed by atoms with Crippen molar-refractivity contribution in [1.29, 1.82) is 0 Å². The second-order valence-corrected chi connectivity index (χ2v) is 8.76. The number of aromatic nitrogens is 1. The lowest BCUT2D eigenvalue weighted by Crippen LogP contribution is -2.28. The van der Waals surface area contributed by atoms with Crippen LogP contribution in [0, 0.1) is 6.92 Å². The second kappa shape index (κ2) is 8.71. The summed E-state index contributed by atoms with van der Waals surface area (Å²) in [5.74, 6) is 0.814. The number of amides is 1. The molecular weight excluding hydrogens is 388 g/mol. The van der Waals surface area contributed by atoms with Crippen molar-refractivity contribution in [3.05, 3.63) is 74.4 Å². The van der Waals surface area contributed by atoms with Crippen LogP contribution in [0.3, 0.4) is 0 Å². The molecule has 0 saturated carbocycles. The molecule has 0 bridgehead atoms. The first kappa shape index (κ1) is 18.9. The summed E-state index contributed by atoms with van der Waals surface area (Å²) < 4.78 is 5.94. The third kappa shape index (κ3) is 4.34. The van der Waals surface area contributed by atoms with E-state index in [4.69, 9.17) is 4.74 Å². The first-order valence-electron chi connectivity index (χ1n) is 9.35. The maximum absolute atomic E-state index is 12.8. The van der Waals surface area contributed by atoms with E-state index < -0.39 is 0 Å². The quantitative estimate of drug-likeness (QED) is 0.506. The molecule has 0 spiro atoms. The molecule has 3 heterocycles. The molecule has 6 heteroatoms. The summed E-state index contributed by atoms with van der Waals surface area (Å²) in [5, 5.41) is 5.11. The zero-order chi connectivity index (χ0) is 19.3. The fourth-order valence-corrected chi connectivity index (χ4v) is 4.91. The molecule has 0 radical (unpaired) electrons. The van der Waals surface area contributed by atoms with Crippen molar-refractivity contribution in [2.45, 2.75) is 32.4 Å². The van der Waals surface area contributed by atoms with E-state index in [-0.39, 0.29) is 11.9 Å². The highest BCUT2D eigenvalue weighted by Crippen LogP contribution is 2.34. The molecule has 1 unspecified atom stereocenters. The fraction of sp³-hybridized carbons (Fsp3) is 0.273. The summed E-state index contributed by atoms with van der Waals surface area (Å²) in [6, 6.07) is 12.2. The Kier molecular flexibility index (Phi) is 5.88. The number of thiazole rings is 1. The Labute approximate surface area is 173 Å². The van der Waals surface area contributed by atoms with Gasteiger partial charge in [0.15, 0.2) is 0 Å². The summed E-state index contributed by atoms with van der Waals surface area (Å²) in [6.45, 7) is 3.22. The molecule has 1 amide bonds. The van der Waals surface area contributed by atoms with Crippen LogP contribution in [0.25, 0.3) is 6.08 Å². The topological polar surface area (TPSA) is 42.4 Å². The Morgan fingerprint density at radius 3 is 2.96 bits per heavy atom. The smallest absolute Gasteiger partial charge is 0.247 e. The predicted octanol–water partition coefficient (Wildman–Crippen LogP) is 5.47. The number of hydrogen-bond acceptors (Lipinski definition) is 5. The average Bonchev–Trinajstić information content (AvgIpc) is 3.45. The SMILES string of the molecule is Cc1nc(COc2ccccc2/C=C/C(=O)N2CCCC2c2cccs2)cs1. The number of aryl methyl sites for hydroxylation is 1. The number of benzene rings is 1. The van der Waals surface area contributed by atoms with Gasteiger partial charge in [-0.25, -0.2) is 4.98 Å². The van der Waals surface area contributed by atoms with Gasteiger partial charge in [-0.1, -0.05) is 24.3 Å². The zero-order valence-corrected chi connectivity index (χ0v) is 17.3. The van der Waals surface area contributed by atoms with Crippen molar-refractivity contribution in [1.82, 2.24) is 9.88 Å². The molecule has 28 heavy (non-hydrogen) atoms. The van der Waals surface area contributed by atoms with Crippen LogP contribution in [0.1, 0.15) is 40.0 Å². The molecule has 144 valence electrons. The molecule has 1 aromatic carbocycles. The highest BCUT2D eigenvalue weighted by Gasteiger charge is 2.29. The van der Waals surface area contributed by atoms with Gasteiger partial charge >= 0.3 is 0 Å². The van der Waals surface area contributed by atoms with E-state index in [1.807, 2.05) is 53.6 Å². The highest BCUT2D eigenvalue weighted by molar-refractivity contribution is 7.10. The van der Waals surface area contributed by atoms with Crippen LogP contribution in [0.15, 0.2) is 53.2 Å². The van der Waals surface area contributed by atoms with Crippen molar-refractivity contribution in [2.24, 2.45) is 0 Å². The number of likely N-dealkylation sites (tertiary alicyclic amines) is 1. The maximum atomic E-state index is 12.8. The van der Waals surface area contributed by atoms with Gasteiger partial charge in [-0.15, -0.1) is 22.7 Å². The van der Waals surface area contributed by atoms with Gasteiger partial charge in [0, 0.05) is 28.4 Å². The first-order valence-corrected chi connectivity index (χ1v) is 11.1. The molecule has 3 aromatic rings. The van der Waals surface area contributed by atoms with E-state index in [1.165, 1.54) is 4.88 Å².